The predicted molar refractivity (Wildman–Crippen MR) is 110 cm³/mol. The highest BCUT2D eigenvalue weighted by Crippen LogP contribution is 2.34. The maximum Gasteiger partial charge on any atom is 0.274 e. The standard InChI is InChI=1S/C20H23F2N5O3S/c1-5-27(6-2)10-13-9-14(11(3)30-13)18-23-24-20(26(18)4)31-17-15(21)7-12(8-16(17)22)19(28)25-29/h7-9,29H,5-6,10H2,1-4H3,(H,25,28). The molecule has 3 rings (SSSR count). The van der Waals surface area contributed by atoms with Gasteiger partial charge in [-0.15, -0.1) is 10.2 Å². The normalized spacial score (nSPS) is 11.4. The van der Waals surface area contributed by atoms with Gasteiger partial charge in [-0.25, -0.2) is 14.3 Å². The fourth-order valence-electron chi connectivity index (χ4n) is 3.09. The summed E-state index contributed by atoms with van der Waals surface area (Å²) in [6, 6.07) is 3.58. The lowest BCUT2D eigenvalue weighted by Gasteiger charge is -2.15. The van der Waals surface area contributed by atoms with Gasteiger partial charge in [0.2, 0.25) is 0 Å². The number of nitrogens with one attached hydrogen (secondary N) is 1. The van der Waals surface area contributed by atoms with E-state index in [4.69, 9.17) is 9.62 Å². The summed E-state index contributed by atoms with van der Waals surface area (Å²) < 4.78 is 36.3. The van der Waals surface area contributed by atoms with Crippen molar-refractivity contribution in [1.82, 2.24) is 25.1 Å². The maximum atomic E-state index is 14.4. The van der Waals surface area contributed by atoms with Gasteiger partial charge in [-0.05, 0) is 50.0 Å². The van der Waals surface area contributed by atoms with Gasteiger partial charge in [-0.3, -0.25) is 14.9 Å². The van der Waals surface area contributed by atoms with Crippen molar-refractivity contribution in [2.45, 2.75) is 37.4 Å². The number of carbonyl (C=O) groups excluding carboxylic acids is 1. The molecule has 0 unspecified atom stereocenters. The molecule has 0 aliphatic carbocycles. The number of aromatic nitrogens is 3. The van der Waals surface area contributed by atoms with Crippen molar-refractivity contribution in [2.24, 2.45) is 7.05 Å². The quantitative estimate of drug-likeness (QED) is 0.397. The van der Waals surface area contributed by atoms with Crippen LogP contribution in [0.15, 0.2) is 32.7 Å². The van der Waals surface area contributed by atoms with E-state index in [-0.39, 0.29) is 15.6 Å². The van der Waals surface area contributed by atoms with Crippen molar-refractivity contribution >= 4 is 17.7 Å². The molecule has 0 radical (unpaired) electrons. The number of amides is 1. The van der Waals surface area contributed by atoms with E-state index in [1.54, 1.807) is 11.6 Å². The Bertz CT molecular complexity index is 1070. The molecule has 11 heteroatoms. The topological polar surface area (TPSA) is 96.4 Å². The monoisotopic (exact) mass is 451 g/mol. The molecule has 31 heavy (non-hydrogen) atoms. The van der Waals surface area contributed by atoms with Crippen molar-refractivity contribution < 1.29 is 23.2 Å². The number of aryl methyl sites for hydroxylation is 1. The van der Waals surface area contributed by atoms with Crippen molar-refractivity contribution in [3.05, 3.63) is 46.9 Å². The second kappa shape index (κ2) is 9.58. The van der Waals surface area contributed by atoms with Gasteiger partial charge in [0.25, 0.3) is 5.91 Å². The molecule has 2 N–H and O–H groups in total. The van der Waals surface area contributed by atoms with Crippen LogP contribution in [0.25, 0.3) is 11.4 Å². The molecule has 0 saturated carbocycles. The lowest BCUT2D eigenvalue weighted by Crippen LogP contribution is -2.21. The zero-order valence-corrected chi connectivity index (χ0v) is 18.4. The second-order valence-corrected chi connectivity index (χ2v) is 7.80. The molecule has 2 aromatic heterocycles. The highest BCUT2D eigenvalue weighted by Gasteiger charge is 2.22. The first-order chi connectivity index (χ1) is 14.8. The van der Waals surface area contributed by atoms with Crippen molar-refractivity contribution in [2.75, 3.05) is 13.1 Å². The van der Waals surface area contributed by atoms with E-state index in [0.717, 1.165) is 48.3 Å². The van der Waals surface area contributed by atoms with Gasteiger partial charge in [-0.1, -0.05) is 13.8 Å². The summed E-state index contributed by atoms with van der Waals surface area (Å²) in [6.07, 6.45) is 0. The Labute approximate surface area is 182 Å². The zero-order chi connectivity index (χ0) is 22.7. The van der Waals surface area contributed by atoms with E-state index in [9.17, 15) is 13.6 Å². The van der Waals surface area contributed by atoms with Crippen LogP contribution in [0.5, 0.6) is 0 Å². The number of hydrogen-bond acceptors (Lipinski definition) is 7. The molecule has 166 valence electrons. The molecule has 0 atom stereocenters. The van der Waals surface area contributed by atoms with Crippen LogP contribution in [0.2, 0.25) is 0 Å². The molecule has 0 spiro atoms. The number of carbonyl (C=O) groups is 1. The fraction of sp³-hybridized carbons (Fsp3) is 0.350. The van der Waals surface area contributed by atoms with Gasteiger partial charge in [0.05, 0.1) is 17.0 Å². The van der Waals surface area contributed by atoms with Gasteiger partial charge >= 0.3 is 0 Å². The molecule has 0 saturated heterocycles. The number of halogens is 2. The van der Waals surface area contributed by atoms with Crippen LogP contribution in [0.1, 0.15) is 35.7 Å². The molecule has 8 nitrogen and oxygen atoms in total. The molecular weight excluding hydrogens is 428 g/mol. The summed E-state index contributed by atoms with van der Waals surface area (Å²) in [4.78, 5) is 13.3. The molecule has 2 heterocycles. The first-order valence-corrected chi connectivity index (χ1v) is 10.4. The van der Waals surface area contributed by atoms with Crippen LogP contribution in [-0.2, 0) is 13.6 Å². The SMILES string of the molecule is CCN(CC)Cc1cc(-c2nnc(Sc3c(F)cc(C(=O)NO)cc3F)n2C)c(C)o1. The van der Waals surface area contributed by atoms with Crippen molar-refractivity contribution in [1.29, 1.82) is 0 Å². The van der Waals surface area contributed by atoms with Crippen LogP contribution in [0.3, 0.4) is 0 Å². The van der Waals surface area contributed by atoms with Crippen LogP contribution >= 0.6 is 11.8 Å². The Balaban J connectivity index is 1.88. The Morgan fingerprint density at radius 1 is 1.23 bits per heavy atom. The number of benzene rings is 1. The Kier molecular flexibility index (Phi) is 7.08. The number of hydroxylamine groups is 1. The van der Waals surface area contributed by atoms with E-state index >= 15 is 0 Å². The summed E-state index contributed by atoms with van der Waals surface area (Å²) in [6.45, 7) is 8.43. The van der Waals surface area contributed by atoms with Crippen LogP contribution in [0.4, 0.5) is 8.78 Å². The second-order valence-electron chi connectivity index (χ2n) is 6.82. The van der Waals surface area contributed by atoms with Gasteiger partial charge in [-0.2, -0.15) is 0 Å². The smallest absolute Gasteiger partial charge is 0.274 e. The lowest BCUT2D eigenvalue weighted by molar-refractivity contribution is 0.0705. The number of nitrogens with zero attached hydrogens (tertiary/aromatic N) is 4. The van der Waals surface area contributed by atoms with Crippen molar-refractivity contribution in [3.8, 4) is 11.4 Å². The largest absolute Gasteiger partial charge is 0.464 e. The highest BCUT2D eigenvalue weighted by atomic mass is 32.2. The van der Waals surface area contributed by atoms with E-state index in [2.05, 4.69) is 28.9 Å². The van der Waals surface area contributed by atoms with Crippen LogP contribution in [-0.4, -0.2) is 43.9 Å². The Hall–Kier alpha value is -2.76. The van der Waals surface area contributed by atoms with E-state index < -0.39 is 17.5 Å². The highest BCUT2D eigenvalue weighted by molar-refractivity contribution is 7.99. The van der Waals surface area contributed by atoms with Gasteiger partial charge in [0.1, 0.15) is 23.2 Å². The summed E-state index contributed by atoms with van der Waals surface area (Å²) in [7, 11) is 1.69. The van der Waals surface area contributed by atoms with E-state index in [1.165, 1.54) is 5.48 Å². The summed E-state index contributed by atoms with van der Waals surface area (Å²) in [5.74, 6) is -0.935. The van der Waals surface area contributed by atoms with E-state index in [0.29, 0.717) is 18.1 Å². The van der Waals surface area contributed by atoms with Gasteiger partial charge in [0, 0.05) is 12.6 Å². The summed E-state index contributed by atoms with van der Waals surface area (Å²) >= 11 is 0.748. The van der Waals surface area contributed by atoms with Crippen molar-refractivity contribution in [3.63, 3.8) is 0 Å². The number of furan rings is 1. The minimum atomic E-state index is -1.01. The lowest BCUT2D eigenvalue weighted by atomic mass is 10.2. The third kappa shape index (κ3) is 4.78. The third-order valence-electron chi connectivity index (χ3n) is 4.87. The minimum absolute atomic E-state index is 0.262. The Morgan fingerprint density at radius 2 is 1.87 bits per heavy atom. The number of hydrogen-bond donors (Lipinski definition) is 2. The summed E-state index contributed by atoms with van der Waals surface area (Å²) in [5.41, 5.74) is 1.76. The summed E-state index contributed by atoms with van der Waals surface area (Å²) in [5, 5.41) is 17.1. The first kappa shape index (κ1) is 22.9. The van der Waals surface area contributed by atoms with Crippen LogP contribution in [0, 0.1) is 18.6 Å². The average Bonchev–Trinajstić information content (AvgIpc) is 3.29. The minimum Gasteiger partial charge on any atom is -0.464 e. The molecule has 0 aliphatic heterocycles. The fourth-order valence-corrected chi connectivity index (χ4v) is 3.89. The van der Waals surface area contributed by atoms with Gasteiger partial charge in [0.15, 0.2) is 11.0 Å². The first-order valence-electron chi connectivity index (χ1n) is 9.61. The molecule has 1 aromatic carbocycles. The number of rotatable bonds is 8. The molecule has 0 aliphatic rings. The zero-order valence-electron chi connectivity index (χ0n) is 17.6. The molecule has 3 aromatic rings. The van der Waals surface area contributed by atoms with Gasteiger partial charge < -0.3 is 8.98 Å². The molecule has 0 bridgehead atoms. The third-order valence-corrected chi connectivity index (χ3v) is 6.01. The van der Waals surface area contributed by atoms with E-state index in [1.807, 2.05) is 13.0 Å². The van der Waals surface area contributed by atoms with Crippen LogP contribution < -0.4 is 5.48 Å². The maximum absolute atomic E-state index is 14.4. The molecular formula is C20H23F2N5O3S. The molecule has 0 fully saturated rings. The average molecular weight is 451 g/mol. The Morgan fingerprint density at radius 3 is 2.45 bits per heavy atom. The molecule has 1 amide bonds. The predicted octanol–water partition coefficient (Wildman–Crippen LogP) is 3.77.